The Morgan fingerprint density at radius 3 is 2.78 bits per heavy atom. The van der Waals surface area contributed by atoms with Crippen LogP contribution in [0.4, 0.5) is 0 Å². The van der Waals surface area contributed by atoms with Crippen molar-refractivity contribution in [2.45, 2.75) is 0 Å². The van der Waals surface area contributed by atoms with Crippen LogP contribution in [0.5, 0.6) is 0 Å². The van der Waals surface area contributed by atoms with Crippen molar-refractivity contribution in [3.8, 4) is 0 Å². The minimum Gasteiger partial charge on any atom is -0.451 e. The number of benzene rings is 1. The predicted octanol–water partition coefficient (Wildman–Crippen LogP) is 2.56. The molecule has 94 valence electrons. The van der Waals surface area contributed by atoms with E-state index in [-0.39, 0.29) is 5.91 Å². The monoisotopic (exact) mass is 265 g/mol. The number of morpholine rings is 1. The lowest BCUT2D eigenvalue weighted by molar-refractivity contribution is 0.0284. The van der Waals surface area contributed by atoms with E-state index in [1.54, 1.807) is 29.2 Å². The van der Waals surface area contributed by atoms with Crippen molar-refractivity contribution in [2.75, 3.05) is 26.3 Å². The smallest absolute Gasteiger partial charge is 0.289 e. The minimum atomic E-state index is -0.0920. The number of hydrogen-bond donors (Lipinski definition) is 0. The maximum atomic E-state index is 12.2. The number of carbonyl (C=O) groups excluding carboxylic acids is 1. The molecule has 1 saturated heterocycles. The van der Waals surface area contributed by atoms with Crippen molar-refractivity contribution in [3.05, 3.63) is 35.0 Å². The van der Waals surface area contributed by atoms with Gasteiger partial charge >= 0.3 is 0 Å². The van der Waals surface area contributed by atoms with Gasteiger partial charge in [-0.2, -0.15) is 0 Å². The number of amides is 1. The highest BCUT2D eigenvalue weighted by molar-refractivity contribution is 6.31. The van der Waals surface area contributed by atoms with Gasteiger partial charge in [-0.05, 0) is 24.3 Å². The Bertz CT molecular complexity index is 587. The lowest BCUT2D eigenvalue weighted by Gasteiger charge is -2.25. The third-order valence-corrected chi connectivity index (χ3v) is 3.22. The molecular weight excluding hydrogens is 254 g/mol. The lowest BCUT2D eigenvalue weighted by atomic mass is 10.2. The lowest BCUT2D eigenvalue weighted by Crippen LogP contribution is -2.40. The molecule has 18 heavy (non-hydrogen) atoms. The molecule has 1 aliphatic rings. The molecule has 0 saturated carbocycles. The van der Waals surface area contributed by atoms with E-state index < -0.39 is 0 Å². The van der Waals surface area contributed by atoms with E-state index in [2.05, 4.69) is 0 Å². The van der Waals surface area contributed by atoms with Gasteiger partial charge < -0.3 is 14.1 Å². The number of nitrogens with zero attached hydrogens (tertiary/aromatic N) is 1. The summed E-state index contributed by atoms with van der Waals surface area (Å²) in [6.07, 6.45) is 0. The van der Waals surface area contributed by atoms with E-state index >= 15 is 0 Å². The summed E-state index contributed by atoms with van der Waals surface area (Å²) in [7, 11) is 0. The van der Waals surface area contributed by atoms with Gasteiger partial charge in [-0.15, -0.1) is 0 Å². The zero-order valence-electron chi connectivity index (χ0n) is 9.69. The molecule has 0 bridgehead atoms. The largest absolute Gasteiger partial charge is 0.451 e. The molecule has 0 unspecified atom stereocenters. The molecular formula is C13H12ClNO3. The molecule has 4 nitrogen and oxygen atoms in total. The van der Waals surface area contributed by atoms with Crippen molar-refractivity contribution in [2.24, 2.45) is 0 Å². The Morgan fingerprint density at radius 1 is 1.22 bits per heavy atom. The Morgan fingerprint density at radius 2 is 2.00 bits per heavy atom. The van der Waals surface area contributed by atoms with Gasteiger partial charge in [-0.1, -0.05) is 11.6 Å². The first-order valence-corrected chi connectivity index (χ1v) is 6.18. The second-order valence-corrected chi connectivity index (χ2v) is 4.63. The SMILES string of the molecule is O=C(c1cc2cc(Cl)ccc2o1)N1CCOCC1. The summed E-state index contributed by atoms with van der Waals surface area (Å²) in [6.45, 7) is 2.38. The summed E-state index contributed by atoms with van der Waals surface area (Å²) in [5.74, 6) is 0.264. The molecule has 0 spiro atoms. The van der Waals surface area contributed by atoms with Crippen molar-refractivity contribution >= 4 is 28.5 Å². The van der Waals surface area contributed by atoms with Crippen LogP contribution < -0.4 is 0 Å². The van der Waals surface area contributed by atoms with Crippen LogP contribution >= 0.6 is 11.6 Å². The second-order valence-electron chi connectivity index (χ2n) is 4.20. The Balaban J connectivity index is 1.91. The Kier molecular flexibility index (Phi) is 2.97. The van der Waals surface area contributed by atoms with E-state index in [9.17, 15) is 4.79 Å². The van der Waals surface area contributed by atoms with Crippen LogP contribution in [-0.2, 0) is 4.74 Å². The fourth-order valence-electron chi connectivity index (χ4n) is 2.04. The maximum Gasteiger partial charge on any atom is 0.289 e. The van der Waals surface area contributed by atoms with Gasteiger partial charge in [0.05, 0.1) is 13.2 Å². The number of halogens is 1. The number of ether oxygens (including phenoxy) is 1. The zero-order chi connectivity index (χ0) is 12.5. The van der Waals surface area contributed by atoms with Crippen LogP contribution in [0.25, 0.3) is 11.0 Å². The summed E-state index contributed by atoms with van der Waals surface area (Å²) in [6, 6.07) is 7.04. The first-order valence-electron chi connectivity index (χ1n) is 5.80. The van der Waals surface area contributed by atoms with Crippen LogP contribution in [0.3, 0.4) is 0 Å². The van der Waals surface area contributed by atoms with Gasteiger partial charge in [-0.3, -0.25) is 4.79 Å². The first kappa shape index (κ1) is 11.6. The number of furan rings is 1. The average molecular weight is 266 g/mol. The van der Waals surface area contributed by atoms with Crippen LogP contribution in [-0.4, -0.2) is 37.1 Å². The third kappa shape index (κ3) is 2.09. The van der Waals surface area contributed by atoms with Crippen LogP contribution in [0.1, 0.15) is 10.6 Å². The van der Waals surface area contributed by atoms with Gasteiger partial charge in [-0.25, -0.2) is 0 Å². The zero-order valence-corrected chi connectivity index (χ0v) is 10.4. The maximum absolute atomic E-state index is 12.2. The molecule has 1 aromatic heterocycles. The molecule has 2 heterocycles. The van der Waals surface area contributed by atoms with Crippen molar-refractivity contribution < 1.29 is 13.9 Å². The quantitative estimate of drug-likeness (QED) is 0.796. The molecule has 1 amide bonds. The number of fused-ring (bicyclic) bond motifs is 1. The summed E-state index contributed by atoms with van der Waals surface area (Å²) in [4.78, 5) is 13.9. The van der Waals surface area contributed by atoms with Gasteiger partial charge in [0.15, 0.2) is 5.76 Å². The molecule has 1 aliphatic heterocycles. The fourth-order valence-corrected chi connectivity index (χ4v) is 2.22. The molecule has 1 fully saturated rings. The average Bonchev–Trinajstić information content (AvgIpc) is 2.81. The van der Waals surface area contributed by atoms with E-state index in [1.165, 1.54) is 0 Å². The van der Waals surface area contributed by atoms with E-state index in [0.29, 0.717) is 42.7 Å². The van der Waals surface area contributed by atoms with Gasteiger partial charge in [0.2, 0.25) is 0 Å². The van der Waals surface area contributed by atoms with E-state index in [0.717, 1.165) is 5.39 Å². The number of carbonyl (C=O) groups is 1. The summed E-state index contributed by atoms with van der Waals surface area (Å²) >= 11 is 5.90. The molecule has 0 N–H and O–H groups in total. The molecule has 5 heteroatoms. The van der Waals surface area contributed by atoms with Crippen molar-refractivity contribution in [1.82, 2.24) is 4.90 Å². The van der Waals surface area contributed by atoms with E-state index in [4.69, 9.17) is 20.8 Å². The summed E-state index contributed by atoms with van der Waals surface area (Å²) in [5, 5.41) is 1.48. The summed E-state index contributed by atoms with van der Waals surface area (Å²) in [5.41, 5.74) is 0.677. The van der Waals surface area contributed by atoms with Gasteiger partial charge in [0.1, 0.15) is 5.58 Å². The van der Waals surface area contributed by atoms with Gasteiger partial charge in [0.25, 0.3) is 5.91 Å². The molecule has 1 aromatic carbocycles. The fraction of sp³-hybridized carbons (Fsp3) is 0.308. The van der Waals surface area contributed by atoms with Crippen LogP contribution in [0, 0.1) is 0 Å². The number of hydrogen-bond acceptors (Lipinski definition) is 3. The predicted molar refractivity (Wildman–Crippen MR) is 67.9 cm³/mol. The Hall–Kier alpha value is -1.52. The summed E-state index contributed by atoms with van der Waals surface area (Å²) < 4.78 is 10.8. The van der Waals surface area contributed by atoms with Gasteiger partial charge in [0, 0.05) is 23.5 Å². The first-order chi connectivity index (χ1) is 8.74. The molecule has 3 rings (SSSR count). The van der Waals surface area contributed by atoms with Crippen LogP contribution in [0.15, 0.2) is 28.7 Å². The second kappa shape index (κ2) is 4.63. The highest BCUT2D eigenvalue weighted by atomic mass is 35.5. The normalized spacial score (nSPS) is 16.2. The Labute approximate surface area is 109 Å². The van der Waals surface area contributed by atoms with Crippen LogP contribution in [0.2, 0.25) is 5.02 Å². The van der Waals surface area contributed by atoms with Crippen molar-refractivity contribution in [1.29, 1.82) is 0 Å². The van der Waals surface area contributed by atoms with E-state index in [1.807, 2.05) is 0 Å². The highest BCUT2D eigenvalue weighted by Gasteiger charge is 2.21. The minimum absolute atomic E-state index is 0.0920. The highest BCUT2D eigenvalue weighted by Crippen LogP contribution is 2.24. The molecule has 2 aromatic rings. The molecule has 0 radical (unpaired) electrons. The topological polar surface area (TPSA) is 42.7 Å². The van der Waals surface area contributed by atoms with Crippen molar-refractivity contribution in [3.63, 3.8) is 0 Å². The molecule has 0 aliphatic carbocycles. The number of rotatable bonds is 1. The molecule has 0 atom stereocenters. The third-order valence-electron chi connectivity index (χ3n) is 2.99. The standard InChI is InChI=1S/C13H12ClNO3/c14-10-1-2-11-9(7-10)8-12(18-11)13(16)15-3-5-17-6-4-15/h1-2,7-8H,3-6H2.